The van der Waals surface area contributed by atoms with Crippen molar-refractivity contribution < 1.29 is 19.1 Å². The molecule has 0 spiro atoms. The summed E-state index contributed by atoms with van der Waals surface area (Å²) in [5, 5.41) is 12.0. The van der Waals surface area contributed by atoms with Crippen LogP contribution in [0.5, 0.6) is 11.5 Å². The summed E-state index contributed by atoms with van der Waals surface area (Å²) in [6.07, 6.45) is 0.659. The zero-order valence-corrected chi connectivity index (χ0v) is 16.2. The molecule has 1 unspecified atom stereocenters. The van der Waals surface area contributed by atoms with E-state index in [4.69, 9.17) is 9.47 Å². The van der Waals surface area contributed by atoms with Crippen molar-refractivity contribution in [1.29, 1.82) is 5.26 Å². The Labute approximate surface area is 174 Å². The highest BCUT2D eigenvalue weighted by atomic mass is 16.5. The summed E-state index contributed by atoms with van der Waals surface area (Å²) in [4.78, 5) is 23.2. The highest BCUT2D eigenvalue weighted by Crippen LogP contribution is 2.19. The maximum Gasteiger partial charge on any atom is 0.259 e. The zero-order chi connectivity index (χ0) is 21.2. The molecule has 30 heavy (non-hydrogen) atoms. The van der Waals surface area contributed by atoms with Crippen molar-refractivity contribution in [2.24, 2.45) is 0 Å². The van der Waals surface area contributed by atoms with E-state index in [1.54, 1.807) is 48.5 Å². The van der Waals surface area contributed by atoms with E-state index in [9.17, 15) is 14.9 Å². The summed E-state index contributed by atoms with van der Waals surface area (Å²) in [6.45, 7) is 0.138. The molecule has 0 radical (unpaired) electrons. The highest BCUT2D eigenvalue weighted by molar-refractivity contribution is 5.81. The van der Waals surface area contributed by atoms with Crippen molar-refractivity contribution in [3.8, 4) is 17.6 Å². The molecular weight excluding hydrogens is 380 g/mol. The van der Waals surface area contributed by atoms with Gasteiger partial charge in [0.25, 0.3) is 5.91 Å². The van der Waals surface area contributed by atoms with Crippen LogP contribution in [0.15, 0.2) is 78.9 Å². The minimum atomic E-state index is -0.828. The zero-order valence-electron chi connectivity index (χ0n) is 16.2. The lowest BCUT2D eigenvalue weighted by Gasteiger charge is -2.14. The summed E-state index contributed by atoms with van der Waals surface area (Å²) in [7, 11) is 0. The summed E-state index contributed by atoms with van der Waals surface area (Å²) < 4.78 is 11.1. The number of nitrogens with one attached hydrogen (secondary N) is 1. The van der Waals surface area contributed by atoms with Gasteiger partial charge in [-0.05, 0) is 35.4 Å². The smallest absolute Gasteiger partial charge is 0.259 e. The van der Waals surface area contributed by atoms with Gasteiger partial charge in [-0.1, -0.05) is 54.6 Å². The molecule has 6 nitrogen and oxygen atoms in total. The molecule has 6 heteroatoms. The van der Waals surface area contributed by atoms with Crippen molar-refractivity contribution >= 4 is 12.2 Å². The molecule has 0 aromatic heterocycles. The Bertz CT molecular complexity index is 1030. The normalized spacial score (nSPS) is 11.0. The number of benzene rings is 3. The molecule has 3 rings (SSSR count). The van der Waals surface area contributed by atoms with Crippen LogP contribution < -0.4 is 14.8 Å². The van der Waals surface area contributed by atoms with Crippen LogP contribution in [0.4, 0.5) is 0 Å². The second kappa shape index (κ2) is 10.4. The van der Waals surface area contributed by atoms with E-state index < -0.39 is 11.9 Å². The fourth-order valence-electron chi connectivity index (χ4n) is 2.74. The molecule has 1 amide bonds. The Kier molecular flexibility index (Phi) is 7.17. The predicted octanol–water partition coefficient (Wildman–Crippen LogP) is 3.84. The molecule has 0 saturated carbocycles. The first-order valence-electron chi connectivity index (χ1n) is 9.32. The summed E-state index contributed by atoms with van der Waals surface area (Å²) in [5.74, 6) is 0.516. The second-order valence-electron chi connectivity index (χ2n) is 6.42. The van der Waals surface area contributed by atoms with Crippen LogP contribution in [0.2, 0.25) is 0 Å². The quantitative estimate of drug-likeness (QED) is 0.552. The van der Waals surface area contributed by atoms with Gasteiger partial charge < -0.3 is 14.8 Å². The summed E-state index contributed by atoms with van der Waals surface area (Å²) >= 11 is 0. The molecule has 0 heterocycles. The van der Waals surface area contributed by atoms with Crippen LogP contribution in [0, 0.1) is 11.3 Å². The molecule has 3 aromatic carbocycles. The Balaban J connectivity index is 1.54. The van der Waals surface area contributed by atoms with Gasteiger partial charge in [-0.3, -0.25) is 9.59 Å². The predicted molar refractivity (Wildman–Crippen MR) is 111 cm³/mol. The van der Waals surface area contributed by atoms with E-state index in [0.29, 0.717) is 35.5 Å². The number of carbonyl (C=O) groups is 2. The van der Waals surface area contributed by atoms with Gasteiger partial charge in [-0.15, -0.1) is 0 Å². The molecule has 0 aliphatic heterocycles. The van der Waals surface area contributed by atoms with Crippen molar-refractivity contribution in [1.82, 2.24) is 5.32 Å². The number of ether oxygens (including phenoxy) is 2. The molecular formula is C24H20N2O4. The number of nitrogens with zero attached hydrogens (tertiary/aromatic N) is 1. The van der Waals surface area contributed by atoms with Crippen LogP contribution in [0.25, 0.3) is 0 Å². The number of aldehydes is 1. The molecule has 0 bridgehead atoms. The molecule has 0 aliphatic carbocycles. The van der Waals surface area contributed by atoms with Crippen molar-refractivity contribution in [3.63, 3.8) is 0 Å². The van der Waals surface area contributed by atoms with Gasteiger partial charge in [-0.2, -0.15) is 5.26 Å². The van der Waals surface area contributed by atoms with Gasteiger partial charge in [0.05, 0.1) is 11.6 Å². The van der Waals surface area contributed by atoms with Crippen molar-refractivity contribution in [3.05, 3.63) is 95.6 Å². The summed E-state index contributed by atoms with van der Waals surface area (Å²) in [5.41, 5.74) is 2.04. The number of hydrogen-bond donors (Lipinski definition) is 1. The highest BCUT2D eigenvalue weighted by Gasteiger charge is 2.15. The largest absolute Gasteiger partial charge is 0.489 e. The number of hydrogen-bond acceptors (Lipinski definition) is 5. The summed E-state index contributed by atoms with van der Waals surface area (Å²) in [6, 6.07) is 24.6. The third-order valence-corrected chi connectivity index (χ3v) is 4.30. The third-order valence-electron chi connectivity index (χ3n) is 4.30. The lowest BCUT2D eigenvalue weighted by atomic mass is 10.1. The first kappa shape index (κ1) is 20.6. The van der Waals surface area contributed by atoms with Gasteiger partial charge in [-0.25, -0.2) is 0 Å². The van der Waals surface area contributed by atoms with Crippen LogP contribution in [0.3, 0.4) is 0 Å². The first-order chi connectivity index (χ1) is 14.7. The number of amides is 1. The Hall–Kier alpha value is -4.11. The number of para-hydroxylation sites is 1. The van der Waals surface area contributed by atoms with E-state index in [1.807, 2.05) is 30.3 Å². The average Bonchev–Trinajstić information content (AvgIpc) is 2.81. The minimum Gasteiger partial charge on any atom is -0.489 e. The molecule has 1 N–H and O–H groups in total. The Morgan fingerprint density at radius 3 is 2.37 bits per heavy atom. The second-order valence-corrected chi connectivity index (χ2v) is 6.42. The number of nitriles is 1. The molecule has 1 atom stereocenters. The lowest BCUT2D eigenvalue weighted by Crippen LogP contribution is -2.32. The van der Waals surface area contributed by atoms with Gasteiger partial charge in [0.2, 0.25) is 0 Å². The van der Waals surface area contributed by atoms with Crippen LogP contribution in [-0.2, 0) is 11.4 Å². The van der Waals surface area contributed by atoms with Crippen LogP contribution >= 0.6 is 0 Å². The third kappa shape index (κ3) is 5.69. The molecule has 0 fully saturated rings. The van der Waals surface area contributed by atoms with E-state index in [1.165, 1.54) is 0 Å². The monoisotopic (exact) mass is 400 g/mol. The molecule has 0 aliphatic rings. The van der Waals surface area contributed by atoms with Gasteiger partial charge >= 0.3 is 0 Å². The van der Waals surface area contributed by atoms with Crippen molar-refractivity contribution in [2.75, 3.05) is 6.61 Å². The Morgan fingerprint density at radius 2 is 1.67 bits per heavy atom. The maximum atomic E-state index is 12.2. The average molecular weight is 400 g/mol. The first-order valence-corrected chi connectivity index (χ1v) is 9.32. The lowest BCUT2D eigenvalue weighted by molar-refractivity contribution is -0.123. The molecule has 150 valence electrons. The van der Waals surface area contributed by atoms with E-state index in [0.717, 1.165) is 5.56 Å². The standard InChI is InChI=1S/C24H20N2O4/c25-14-22(26-24(28)17-30-23-9-5-4-8-20(23)15-27)19-10-12-21(13-11-19)29-16-18-6-2-1-3-7-18/h1-13,15,22H,16-17H2,(H,26,28). The maximum absolute atomic E-state index is 12.2. The van der Waals surface area contributed by atoms with E-state index in [2.05, 4.69) is 11.4 Å². The Morgan fingerprint density at radius 1 is 0.967 bits per heavy atom. The fourth-order valence-corrected chi connectivity index (χ4v) is 2.74. The van der Waals surface area contributed by atoms with Gasteiger partial charge in [0.15, 0.2) is 12.9 Å². The van der Waals surface area contributed by atoms with E-state index >= 15 is 0 Å². The fraction of sp³-hybridized carbons (Fsp3) is 0.125. The minimum absolute atomic E-state index is 0.304. The number of carbonyl (C=O) groups excluding carboxylic acids is 2. The van der Waals surface area contributed by atoms with E-state index in [-0.39, 0.29) is 6.61 Å². The topological polar surface area (TPSA) is 88.4 Å². The van der Waals surface area contributed by atoms with Gasteiger partial charge in [0, 0.05) is 0 Å². The van der Waals surface area contributed by atoms with Crippen LogP contribution in [0.1, 0.15) is 27.5 Å². The molecule has 0 saturated heterocycles. The molecule has 3 aromatic rings. The van der Waals surface area contributed by atoms with Crippen molar-refractivity contribution in [2.45, 2.75) is 12.6 Å². The SMILES string of the molecule is N#CC(NC(=O)COc1ccccc1C=O)c1ccc(OCc2ccccc2)cc1. The van der Waals surface area contributed by atoms with Gasteiger partial charge in [0.1, 0.15) is 24.1 Å². The van der Waals surface area contributed by atoms with Crippen LogP contribution in [-0.4, -0.2) is 18.8 Å². The number of rotatable bonds is 9.